The third-order valence-corrected chi connectivity index (χ3v) is 8.34. The molecule has 1 amide bonds. The summed E-state index contributed by atoms with van der Waals surface area (Å²) < 4.78 is 20.0. The van der Waals surface area contributed by atoms with Gasteiger partial charge in [0.05, 0.1) is 10.4 Å². The van der Waals surface area contributed by atoms with Crippen molar-refractivity contribution in [3.63, 3.8) is 0 Å². The van der Waals surface area contributed by atoms with Crippen molar-refractivity contribution in [2.75, 3.05) is 11.9 Å². The van der Waals surface area contributed by atoms with E-state index in [1.807, 2.05) is 30.3 Å². The Kier molecular flexibility index (Phi) is 5.57. The topological polar surface area (TPSA) is 84.7 Å². The van der Waals surface area contributed by atoms with E-state index in [9.17, 15) is 19.3 Å². The van der Waals surface area contributed by atoms with E-state index in [2.05, 4.69) is 26.1 Å². The average Bonchev–Trinajstić information content (AvgIpc) is 3.51. The van der Waals surface area contributed by atoms with E-state index in [0.717, 1.165) is 18.4 Å². The molecule has 4 atom stereocenters. The van der Waals surface area contributed by atoms with E-state index >= 15 is 0 Å². The minimum absolute atomic E-state index is 0.136. The number of carbonyl (C=O) groups excluding carboxylic acids is 1. The van der Waals surface area contributed by atoms with Gasteiger partial charge in [-0.15, -0.1) is 0 Å². The molecular formula is C27H23BrFN3O4. The molecule has 2 fully saturated rings. The fourth-order valence-electron chi connectivity index (χ4n) is 6.40. The summed E-state index contributed by atoms with van der Waals surface area (Å²) in [5.41, 5.74) is 1.46. The first-order valence-corrected chi connectivity index (χ1v) is 12.7. The van der Waals surface area contributed by atoms with Crippen LogP contribution in [-0.4, -0.2) is 34.4 Å². The van der Waals surface area contributed by atoms with E-state index in [0.29, 0.717) is 33.6 Å². The Labute approximate surface area is 215 Å². The average molecular weight is 552 g/mol. The first-order chi connectivity index (χ1) is 17.4. The van der Waals surface area contributed by atoms with Gasteiger partial charge in [0.25, 0.3) is 11.9 Å². The molecule has 0 saturated carbocycles. The smallest absolute Gasteiger partial charge is 0.256 e. The second-order valence-corrected chi connectivity index (χ2v) is 10.4. The molecule has 0 unspecified atom stereocenters. The summed E-state index contributed by atoms with van der Waals surface area (Å²) in [7, 11) is 0. The molecule has 0 radical (unpaired) electrons. The zero-order chi connectivity index (χ0) is 25.0. The van der Waals surface area contributed by atoms with Crippen LogP contribution in [0.3, 0.4) is 0 Å². The zero-order valence-electron chi connectivity index (χ0n) is 19.2. The van der Waals surface area contributed by atoms with Gasteiger partial charge < -0.3 is 10.1 Å². The van der Waals surface area contributed by atoms with E-state index < -0.39 is 17.5 Å². The number of hydrogen-bond donors (Lipinski definition) is 1. The summed E-state index contributed by atoms with van der Waals surface area (Å²) in [6.45, 7) is 0.816. The molecule has 36 heavy (non-hydrogen) atoms. The number of para-hydroxylation sites is 1. The van der Waals surface area contributed by atoms with Gasteiger partial charge in [-0.1, -0.05) is 36.4 Å². The fourth-order valence-corrected chi connectivity index (χ4v) is 6.92. The number of halogens is 2. The van der Waals surface area contributed by atoms with Gasteiger partial charge in [-0.2, -0.15) is 0 Å². The van der Waals surface area contributed by atoms with Gasteiger partial charge in [0, 0.05) is 28.8 Å². The number of amides is 1. The van der Waals surface area contributed by atoms with Crippen LogP contribution in [0.15, 0.2) is 71.2 Å². The van der Waals surface area contributed by atoms with Crippen LogP contribution in [0, 0.1) is 15.9 Å². The van der Waals surface area contributed by atoms with Crippen molar-refractivity contribution in [1.82, 2.24) is 4.90 Å². The summed E-state index contributed by atoms with van der Waals surface area (Å²) in [5.74, 6) is -0.576. The number of carbonyl (C=O) groups is 1. The quantitative estimate of drug-likeness (QED) is 0.347. The third kappa shape index (κ3) is 3.37. The number of nitrogens with one attached hydrogen (secondary N) is 1. The van der Waals surface area contributed by atoms with Gasteiger partial charge in [-0.05, 0) is 70.2 Å². The fraction of sp³-hybridized carbons (Fsp3) is 0.296. The summed E-state index contributed by atoms with van der Waals surface area (Å²) in [6, 6.07) is 17.7. The Bertz CT molecular complexity index is 1380. The van der Waals surface area contributed by atoms with Crippen LogP contribution in [0.5, 0.6) is 5.75 Å². The molecule has 3 aromatic carbocycles. The molecular weight excluding hydrogens is 529 g/mol. The first kappa shape index (κ1) is 23.1. The molecule has 1 spiro atoms. The molecule has 9 heteroatoms. The van der Waals surface area contributed by atoms with Crippen molar-refractivity contribution in [1.29, 1.82) is 0 Å². The van der Waals surface area contributed by atoms with Crippen LogP contribution in [0.4, 0.5) is 10.1 Å². The van der Waals surface area contributed by atoms with Crippen LogP contribution in [0.25, 0.3) is 0 Å². The molecule has 0 aromatic heterocycles. The third-order valence-electron chi connectivity index (χ3n) is 7.72. The van der Waals surface area contributed by atoms with Crippen molar-refractivity contribution in [2.45, 2.75) is 43.0 Å². The minimum atomic E-state index is -1.34. The van der Waals surface area contributed by atoms with E-state index in [1.165, 1.54) is 12.1 Å². The molecule has 0 aliphatic carbocycles. The van der Waals surface area contributed by atoms with Gasteiger partial charge >= 0.3 is 0 Å². The Morgan fingerprint density at radius 3 is 2.78 bits per heavy atom. The molecule has 1 N–H and O–H groups in total. The van der Waals surface area contributed by atoms with Crippen LogP contribution < -0.4 is 10.1 Å². The Hall–Kier alpha value is -3.30. The lowest BCUT2D eigenvalue weighted by atomic mass is 9.77. The molecule has 3 aliphatic rings. The van der Waals surface area contributed by atoms with Crippen molar-refractivity contribution in [3.8, 4) is 5.75 Å². The summed E-state index contributed by atoms with van der Waals surface area (Å²) in [5, 5.41) is 15.6. The maximum atomic E-state index is 13.5. The van der Waals surface area contributed by atoms with Gasteiger partial charge in [-0.3, -0.25) is 19.8 Å². The number of fused-ring (bicyclic) bond motifs is 4. The largest absolute Gasteiger partial charge is 0.488 e. The molecule has 2 saturated heterocycles. The van der Waals surface area contributed by atoms with Crippen molar-refractivity contribution in [3.05, 3.63) is 104 Å². The highest BCUT2D eigenvalue weighted by molar-refractivity contribution is 9.10. The van der Waals surface area contributed by atoms with Crippen LogP contribution in [0.2, 0.25) is 0 Å². The number of hydrogen-bond acceptors (Lipinski definition) is 5. The molecule has 0 bridgehead atoms. The number of anilines is 1. The van der Waals surface area contributed by atoms with Crippen molar-refractivity contribution in [2.24, 2.45) is 0 Å². The molecule has 184 valence electrons. The number of rotatable bonds is 5. The summed E-state index contributed by atoms with van der Waals surface area (Å²) >= 11 is 3.56. The second-order valence-electron chi connectivity index (χ2n) is 9.53. The number of ether oxygens (including phenoxy) is 1. The van der Waals surface area contributed by atoms with Crippen LogP contribution >= 0.6 is 15.9 Å². The van der Waals surface area contributed by atoms with E-state index in [-0.39, 0.29) is 29.3 Å². The standard InChI is InChI=1S/C27H23BrFN3O4/c28-20-14-17(10-11-23(20)36-15-16-5-3-6-18(29)13-16)24-22-9-4-12-31(22)27(25(24)32(34)35)19-7-1-2-8-21(19)30-26(27)33/h1-3,5-8,10-11,13-14,22,24-25H,4,9,12,15H2,(H,30,33)/t22-,24+,25+,27-/m0/s1. The van der Waals surface area contributed by atoms with Crippen molar-refractivity contribution < 1.29 is 18.8 Å². The highest BCUT2D eigenvalue weighted by Gasteiger charge is 2.73. The van der Waals surface area contributed by atoms with Gasteiger partial charge in [0.2, 0.25) is 0 Å². The Balaban J connectivity index is 1.38. The predicted octanol–water partition coefficient (Wildman–Crippen LogP) is 5.22. The predicted molar refractivity (Wildman–Crippen MR) is 135 cm³/mol. The SMILES string of the molecule is O=C1Nc2ccccc2[C@]12[C@H]([N+](=O)[O-])[C@H](c1ccc(OCc3cccc(F)c3)c(Br)c1)[C@@H]1CCCN12. The summed E-state index contributed by atoms with van der Waals surface area (Å²) in [6.07, 6.45) is 1.65. The van der Waals surface area contributed by atoms with Crippen LogP contribution in [0.1, 0.15) is 35.4 Å². The number of nitro groups is 1. The Morgan fingerprint density at radius 2 is 2.00 bits per heavy atom. The lowest BCUT2D eigenvalue weighted by molar-refractivity contribution is -0.534. The molecule has 3 aliphatic heterocycles. The highest BCUT2D eigenvalue weighted by Crippen LogP contribution is 2.58. The normalized spacial score (nSPS) is 26.6. The lowest BCUT2D eigenvalue weighted by Crippen LogP contribution is -2.55. The maximum Gasteiger partial charge on any atom is 0.256 e. The highest BCUT2D eigenvalue weighted by atomic mass is 79.9. The monoisotopic (exact) mass is 551 g/mol. The molecule has 3 aromatic rings. The van der Waals surface area contributed by atoms with Gasteiger partial charge in [0.1, 0.15) is 18.2 Å². The minimum Gasteiger partial charge on any atom is -0.488 e. The van der Waals surface area contributed by atoms with E-state index in [1.54, 1.807) is 24.3 Å². The summed E-state index contributed by atoms with van der Waals surface area (Å²) in [4.78, 5) is 28.0. The molecule has 3 heterocycles. The Morgan fingerprint density at radius 1 is 1.17 bits per heavy atom. The van der Waals surface area contributed by atoms with Gasteiger partial charge in [-0.25, -0.2) is 4.39 Å². The molecule has 6 rings (SSSR count). The molecule has 7 nitrogen and oxygen atoms in total. The van der Waals surface area contributed by atoms with Crippen LogP contribution in [-0.2, 0) is 16.9 Å². The lowest BCUT2D eigenvalue weighted by Gasteiger charge is -2.32. The van der Waals surface area contributed by atoms with Crippen molar-refractivity contribution >= 4 is 27.5 Å². The first-order valence-electron chi connectivity index (χ1n) is 11.9. The number of nitrogens with zero attached hydrogens (tertiary/aromatic N) is 2. The zero-order valence-corrected chi connectivity index (χ0v) is 20.8. The van der Waals surface area contributed by atoms with E-state index in [4.69, 9.17) is 4.74 Å². The van der Waals surface area contributed by atoms with Gasteiger partial charge in [0.15, 0.2) is 5.54 Å². The maximum absolute atomic E-state index is 13.5. The number of benzene rings is 3. The second kappa shape index (κ2) is 8.67.